The summed E-state index contributed by atoms with van der Waals surface area (Å²) >= 11 is 0. The zero-order chi connectivity index (χ0) is 56.9. The monoisotopic (exact) mass is 1090 g/mol. The first-order chi connectivity index (χ1) is 36.0. The molecule has 412 valence electrons. The number of nitrogen functional groups attached to an aromatic ring is 2. The SMILES string of the molecule is COc1cc(/C=C/C(=O)CC(c2cc(N)cc(N)c2)C(O)(O)C(=O)/C=C/c2ccc(OC(=O)c3ccc(OCCCC(F)(F)C(F)(F)F)cc3)c(OC)c2)ccc1OC(=O)c1ccc(OCCCC(F)(F)C(F)(F)F)cc1. The Balaban J connectivity index is 1.21. The van der Waals surface area contributed by atoms with Crippen molar-refractivity contribution in [2.24, 2.45) is 0 Å². The van der Waals surface area contributed by atoms with Crippen molar-refractivity contribution in [3.8, 4) is 34.5 Å². The molecule has 0 aliphatic rings. The minimum Gasteiger partial charge on any atom is -0.494 e. The highest BCUT2D eigenvalue weighted by atomic mass is 19.4. The number of aliphatic hydroxyl groups is 2. The van der Waals surface area contributed by atoms with Gasteiger partial charge in [0.1, 0.15) is 11.5 Å². The van der Waals surface area contributed by atoms with Gasteiger partial charge in [0.2, 0.25) is 11.6 Å². The van der Waals surface area contributed by atoms with Gasteiger partial charge < -0.3 is 50.1 Å². The van der Waals surface area contributed by atoms with Crippen molar-refractivity contribution in [3.63, 3.8) is 0 Å². The van der Waals surface area contributed by atoms with E-state index < -0.39 is 105 Å². The van der Waals surface area contributed by atoms with E-state index in [2.05, 4.69) is 0 Å². The van der Waals surface area contributed by atoms with E-state index in [0.29, 0.717) is 5.56 Å². The normalized spacial score (nSPS) is 12.8. The molecule has 0 saturated heterocycles. The molecule has 0 bridgehead atoms. The summed E-state index contributed by atoms with van der Waals surface area (Å²) in [5.41, 5.74) is 12.7. The molecule has 0 radical (unpaired) electrons. The number of esters is 2. The fourth-order valence-electron chi connectivity index (χ4n) is 7.01. The Morgan fingerprint density at radius 1 is 0.545 bits per heavy atom. The van der Waals surface area contributed by atoms with Crippen LogP contribution in [0, 0.1) is 0 Å². The molecular weight excluding hydrogens is 1050 g/mol. The van der Waals surface area contributed by atoms with Crippen molar-refractivity contribution in [1.29, 1.82) is 0 Å². The highest BCUT2D eigenvalue weighted by Gasteiger charge is 2.57. The van der Waals surface area contributed by atoms with Crippen LogP contribution < -0.4 is 39.9 Å². The van der Waals surface area contributed by atoms with Crippen LogP contribution in [0.25, 0.3) is 12.2 Å². The van der Waals surface area contributed by atoms with Crippen LogP contribution in [-0.2, 0) is 9.59 Å². The number of anilines is 2. The molecule has 1 atom stereocenters. The van der Waals surface area contributed by atoms with E-state index in [0.717, 1.165) is 12.2 Å². The third-order valence-electron chi connectivity index (χ3n) is 11.1. The zero-order valence-electron chi connectivity index (χ0n) is 40.6. The molecule has 0 amide bonds. The van der Waals surface area contributed by atoms with E-state index in [-0.39, 0.29) is 68.1 Å². The summed E-state index contributed by atoms with van der Waals surface area (Å²) in [6.45, 7) is -0.906. The van der Waals surface area contributed by atoms with Gasteiger partial charge in [0.15, 0.2) is 28.8 Å². The number of alkyl halides is 10. The molecule has 0 heterocycles. The molecule has 6 N–H and O–H groups in total. The van der Waals surface area contributed by atoms with Gasteiger partial charge in [0, 0.05) is 30.6 Å². The fourth-order valence-corrected chi connectivity index (χ4v) is 7.01. The molecule has 24 heteroatoms. The van der Waals surface area contributed by atoms with Crippen molar-refractivity contribution in [2.45, 2.75) is 68.0 Å². The van der Waals surface area contributed by atoms with Crippen molar-refractivity contribution >= 4 is 47.0 Å². The topological polar surface area (TPSA) is 216 Å². The third-order valence-corrected chi connectivity index (χ3v) is 11.1. The number of hydrogen-bond acceptors (Lipinski definition) is 14. The number of halogens is 10. The van der Waals surface area contributed by atoms with Crippen molar-refractivity contribution in [1.82, 2.24) is 0 Å². The van der Waals surface area contributed by atoms with Crippen LogP contribution in [0.1, 0.15) is 75.4 Å². The van der Waals surface area contributed by atoms with Gasteiger partial charge in [0.25, 0.3) is 0 Å². The zero-order valence-corrected chi connectivity index (χ0v) is 40.6. The Labute approximate surface area is 432 Å². The third kappa shape index (κ3) is 16.4. The molecule has 0 saturated carbocycles. The van der Waals surface area contributed by atoms with Crippen molar-refractivity contribution in [3.05, 3.63) is 143 Å². The van der Waals surface area contributed by atoms with Gasteiger partial charge >= 0.3 is 36.1 Å². The first-order valence-electron chi connectivity index (χ1n) is 22.7. The van der Waals surface area contributed by atoms with Crippen LogP contribution in [0.5, 0.6) is 34.5 Å². The molecule has 0 aliphatic heterocycles. The van der Waals surface area contributed by atoms with Gasteiger partial charge in [0.05, 0.1) is 44.5 Å². The van der Waals surface area contributed by atoms with E-state index in [1.807, 2.05) is 0 Å². The number of allylic oxidation sites excluding steroid dienone is 1. The smallest absolute Gasteiger partial charge is 0.453 e. The molecule has 5 aromatic rings. The largest absolute Gasteiger partial charge is 0.494 e. The average Bonchev–Trinajstić information content (AvgIpc) is 3.36. The number of rotatable bonds is 25. The lowest BCUT2D eigenvalue weighted by Crippen LogP contribution is -2.44. The van der Waals surface area contributed by atoms with Crippen molar-refractivity contribution in [2.75, 3.05) is 38.9 Å². The second-order valence-electron chi connectivity index (χ2n) is 16.9. The Morgan fingerprint density at radius 3 is 1.34 bits per heavy atom. The van der Waals surface area contributed by atoms with Crippen LogP contribution in [0.2, 0.25) is 0 Å². The molecular formula is C53H48F10N2O12. The Bertz CT molecular complexity index is 2920. The van der Waals surface area contributed by atoms with Gasteiger partial charge in [-0.25, -0.2) is 9.59 Å². The molecule has 5 rings (SSSR count). The summed E-state index contributed by atoms with van der Waals surface area (Å²) < 4.78 is 159. The number of methoxy groups -OCH3 is 2. The summed E-state index contributed by atoms with van der Waals surface area (Å²) in [7, 11) is 2.51. The van der Waals surface area contributed by atoms with E-state index >= 15 is 0 Å². The predicted octanol–water partition coefficient (Wildman–Crippen LogP) is 10.7. The van der Waals surface area contributed by atoms with E-state index in [1.165, 1.54) is 129 Å². The predicted molar refractivity (Wildman–Crippen MR) is 258 cm³/mol. The minimum atomic E-state index is -5.68. The lowest BCUT2D eigenvalue weighted by Gasteiger charge is -2.29. The average molecular weight is 1090 g/mol. The second-order valence-corrected chi connectivity index (χ2v) is 16.9. The minimum absolute atomic E-state index is 0.00641. The molecule has 0 spiro atoms. The van der Waals surface area contributed by atoms with Crippen LogP contribution >= 0.6 is 0 Å². The molecule has 0 aromatic heterocycles. The van der Waals surface area contributed by atoms with Gasteiger partial charge in [-0.2, -0.15) is 43.9 Å². The molecule has 14 nitrogen and oxygen atoms in total. The molecule has 5 aromatic carbocycles. The maximum absolute atomic E-state index is 13.6. The molecule has 77 heavy (non-hydrogen) atoms. The lowest BCUT2D eigenvalue weighted by atomic mass is 9.83. The maximum Gasteiger partial charge on any atom is 0.453 e. The summed E-state index contributed by atoms with van der Waals surface area (Å²) in [5.74, 6) is -18.4. The number of benzene rings is 5. The molecule has 1 unspecified atom stereocenters. The molecule has 0 fully saturated rings. The summed E-state index contributed by atoms with van der Waals surface area (Å²) in [4.78, 5) is 53.0. The molecule has 0 aliphatic carbocycles. The highest BCUT2D eigenvalue weighted by Crippen LogP contribution is 2.41. The number of nitrogens with two attached hydrogens (primary N) is 2. The van der Waals surface area contributed by atoms with Gasteiger partial charge in [-0.15, -0.1) is 0 Å². The second kappa shape index (κ2) is 25.1. The number of carbonyl (C=O) groups is 4. The maximum atomic E-state index is 13.6. The van der Waals surface area contributed by atoms with Crippen LogP contribution in [0.15, 0.2) is 115 Å². The fraction of sp³-hybridized carbons (Fsp3) is 0.283. The van der Waals surface area contributed by atoms with Gasteiger partial charge in [-0.3, -0.25) is 9.59 Å². The first-order valence-corrected chi connectivity index (χ1v) is 22.7. The lowest BCUT2D eigenvalue weighted by molar-refractivity contribution is -0.284. The Hall–Kier alpha value is -8.12. The van der Waals surface area contributed by atoms with Gasteiger partial charge in [-0.1, -0.05) is 24.3 Å². The summed E-state index contributed by atoms with van der Waals surface area (Å²) in [6, 6.07) is 22.4. The van der Waals surface area contributed by atoms with Crippen LogP contribution in [0.3, 0.4) is 0 Å². The van der Waals surface area contributed by atoms with E-state index in [1.54, 1.807) is 0 Å². The Kier molecular flexibility index (Phi) is 19.5. The number of ether oxygens (including phenoxy) is 6. The summed E-state index contributed by atoms with van der Waals surface area (Å²) in [5, 5.41) is 22.9. The van der Waals surface area contributed by atoms with Gasteiger partial charge in [-0.05, 0) is 133 Å². The standard InChI is InChI=1S/C53H48F10N2O12/c1-72-44-25-31(6-18-42(44)76-47(68)33-9-14-39(15-10-33)74-23-3-21-49(54,55)52(58,59)60)5-13-38(66)30-41(35-27-36(64)29-37(65)28-35)51(70,71)46(67)20-8-32-7-19-43(45(26-32)73-2)77-48(69)34-11-16-40(17-12-34)75-24-4-22-50(56,57)53(61,62)63/h5-20,25-29,41,70-71H,3-4,21-24,30,64-65H2,1-2H3/b13-5+,20-8+. The quantitative estimate of drug-likeness (QED) is 0.00814. The van der Waals surface area contributed by atoms with Crippen molar-refractivity contribution < 1.29 is 102 Å². The summed E-state index contributed by atoms with van der Waals surface area (Å²) in [6.07, 6.45) is -11.8. The van der Waals surface area contributed by atoms with Crippen LogP contribution in [-0.4, -0.2) is 91.1 Å². The van der Waals surface area contributed by atoms with E-state index in [4.69, 9.17) is 39.9 Å². The van der Waals surface area contributed by atoms with Crippen LogP contribution in [0.4, 0.5) is 55.3 Å². The Morgan fingerprint density at radius 2 is 0.948 bits per heavy atom. The highest BCUT2D eigenvalue weighted by molar-refractivity contribution is 6.01. The number of hydrogen-bond donors (Lipinski definition) is 4. The number of carbonyl (C=O) groups excluding carboxylic acids is 4. The number of ketones is 2. The van der Waals surface area contributed by atoms with E-state index in [9.17, 15) is 73.3 Å². The first kappa shape index (κ1) is 59.8.